The molecule has 0 saturated carbocycles. The molecule has 2 aromatic rings. The normalized spacial score (nSPS) is 14.4. The lowest BCUT2D eigenvalue weighted by Gasteiger charge is -2.33. The molecule has 0 aromatic heterocycles. The van der Waals surface area contributed by atoms with Gasteiger partial charge >= 0.3 is 0 Å². The topological polar surface area (TPSA) is 70.7 Å². The SMILES string of the molecule is COCCNC(=O)c1cc(NC(=O)c2ccc(C)cc2)ccc1N1CCC(C)CC1. The Hall–Kier alpha value is -2.86. The molecule has 1 aliphatic heterocycles. The van der Waals surface area contributed by atoms with Gasteiger partial charge in [0.1, 0.15) is 0 Å². The molecule has 1 heterocycles. The van der Waals surface area contributed by atoms with Crippen LogP contribution in [0.4, 0.5) is 11.4 Å². The summed E-state index contributed by atoms with van der Waals surface area (Å²) in [6, 6.07) is 13.0. The highest BCUT2D eigenvalue weighted by molar-refractivity contribution is 6.06. The molecule has 0 spiro atoms. The van der Waals surface area contributed by atoms with Crippen LogP contribution < -0.4 is 15.5 Å². The molecule has 2 aromatic carbocycles. The monoisotopic (exact) mass is 409 g/mol. The van der Waals surface area contributed by atoms with Gasteiger partial charge in [0.05, 0.1) is 12.2 Å². The molecule has 1 fully saturated rings. The second-order valence-corrected chi connectivity index (χ2v) is 7.97. The van der Waals surface area contributed by atoms with Crippen molar-refractivity contribution < 1.29 is 14.3 Å². The summed E-state index contributed by atoms with van der Waals surface area (Å²) in [5, 5.41) is 5.82. The van der Waals surface area contributed by atoms with Crippen molar-refractivity contribution in [3.05, 3.63) is 59.2 Å². The van der Waals surface area contributed by atoms with E-state index >= 15 is 0 Å². The summed E-state index contributed by atoms with van der Waals surface area (Å²) in [6.07, 6.45) is 2.22. The van der Waals surface area contributed by atoms with E-state index in [-0.39, 0.29) is 11.8 Å². The Morgan fingerprint density at radius 3 is 2.43 bits per heavy atom. The molecular weight excluding hydrogens is 378 g/mol. The number of piperidine rings is 1. The highest BCUT2D eigenvalue weighted by Crippen LogP contribution is 2.29. The van der Waals surface area contributed by atoms with Crippen LogP contribution in [0, 0.1) is 12.8 Å². The number of anilines is 2. The molecule has 0 aliphatic carbocycles. The highest BCUT2D eigenvalue weighted by Gasteiger charge is 2.22. The van der Waals surface area contributed by atoms with E-state index in [1.165, 1.54) is 0 Å². The number of carbonyl (C=O) groups is 2. The Morgan fingerprint density at radius 2 is 1.77 bits per heavy atom. The van der Waals surface area contributed by atoms with E-state index in [2.05, 4.69) is 22.5 Å². The molecule has 1 saturated heterocycles. The zero-order chi connectivity index (χ0) is 21.5. The minimum Gasteiger partial charge on any atom is -0.383 e. The third-order valence-corrected chi connectivity index (χ3v) is 5.53. The highest BCUT2D eigenvalue weighted by atomic mass is 16.5. The lowest BCUT2D eigenvalue weighted by molar-refractivity contribution is 0.0936. The molecule has 0 radical (unpaired) electrons. The van der Waals surface area contributed by atoms with Gasteiger partial charge in [-0.3, -0.25) is 9.59 Å². The van der Waals surface area contributed by atoms with Crippen LogP contribution in [0.15, 0.2) is 42.5 Å². The van der Waals surface area contributed by atoms with Crippen molar-refractivity contribution in [1.29, 1.82) is 0 Å². The molecule has 0 unspecified atom stereocenters. The smallest absolute Gasteiger partial charge is 0.255 e. The Labute approximate surface area is 178 Å². The molecule has 2 amide bonds. The maximum Gasteiger partial charge on any atom is 0.255 e. The number of hydrogen-bond acceptors (Lipinski definition) is 4. The first-order chi connectivity index (χ1) is 14.5. The van der Waals surface area contributed by atoms with E-state index in [4.69, 9.17) is 4.74 Å². The predicted molar refractivity (Wildman–Crippen MR) is 120 cm³/mol. The van der Waals surface area contributed by atoms with E-state index in [1.54, 1.807) is 25.3 Å². The van der Waals surface area contributed by atoms with Crippen LogP contribution in [-0.2, 0) is 4.74 Å². The summed E-state index contributed by atoms with van der Waals surface area (Å²) in [5.41, 5.74) is 3.77. The molecule has 0 bridgehead atoms. The molecule has 1 aliphatic rings. The Bertz CT molecular complexity index is 872. The van der Waals surface area contributed by atoms with Crippen LogP contribution in [0.3, 0.4) is 0 Å². The summed E-state index contributed by atoms with van der Waals surface area (Å²) >= 11 is 0. The number of aryl methyl sites for hydroxylation is 1. The molecule has 6 heteroatoms. The van der Waals surface area contributed by atoms with Crippen molar-refractivity contribution in [1.82, 2.24) is 5.32 Å². The van der Waals surface area contributed by atoms with Crippen LogP contribution in [0.1, 0.15) is 46.0 Å². The molecular formula is C24H31N3O3. The summed E-state index contributed by atoms with van der Waals surface area (Å²) in [7, 11) is 1.60. The minimum atomic E-state index is -0.194. The molecule has 160 valence electrons. The standard InChI is InChI=1S/C24H31N3O3/c1-17-4-6-19(7-5-17)23(28)26-20-8-9-22(27-13-10-18(2)11-14-27)21(16-20)24(29)25-12-15-30-3/h4-9,16,18H,10-15H2,1-3H3,(H,25,29)(H,26,28). The van der Waals surface area contributed by atoms with Crippen molar-refractivity contribution in [3.63, 3.8) is 0 Å². The predicted octanol–water partition coefficient (Wildman–Crippen LogP) is 3.86. The second-order valence-electron chi connectivity index (χ2n) is 7.97. The van der Waals surface area contributed by atoms with Crippen LogP contribution in [0.25, 0.3) is 0 Å². The molecule has 3 rings (SSSR count). The second kappa shape index (κ2) is 10.3. The van der Waals surface area contributed by atoms with Gasteiger partial charge in [0, 0.05) is 43.7 Å². The Morgan fingerprint density at radius 1 is 1.07 bits per heavy atom. The zero-order valence-corrected chi connectivity index (χ0v) is 18.0. The molecule has 0 atom stereocenters. The van der Waals surface area contributed by atoms with Gasteiger partial charge in [-0.25, -0.2) is 0 Å². The first kappa shape index (κ1) is 21.8. The summed E-state index contributed by atoms with van der Waals surface area (Å²) in [6.45, 7) is 6.98. The van der Waals surface area contributed by atoms with Crippen LogP contribution in [0.5, 0.6) is 0 Å². The Balaban J connectivity index is 1.82. The van der Waals surface area contributed by atoms with Crippen molar-refractivity contribution >= 4 is 23.2 Å². The van der Waals surface area contributed by atoms with E-state index in [9.17, 15) is 9.59 Å². The van der Waals surface area contributed by atoms with E-state index < -0.39 is 0 Å². The fourth-order valence-electron chi connectivity index (χ4n) is 3.59. The van der Waals surface area contributed by atoms with Gasteiger partial charge < -0.3 is 20.3 Å². The average molecular weight is 410 g/mol. The van der Waals surface area contributed by atoms with Gasteiger partial charge in [0.25, 0.3) is 11.8 Å². The maximum atomic E-state index is 12.9. The molecule has 6 nitrogen and oxygen atoms in total. The minimum absolute atomic E-state index is 0.160. The number of rotatable bonds is 7. The largest absolute Gasteiger partial charge is 0.383 e. The van der Waals surface area contributed by atoms with Gasteiger partial charge in [-0.15, -0.1) is 0 Å². The summed E-state index contributed by atoms with van der Waals surface area (Å²) < 4.78 is 5.04. The number of methoxy groups -OCH3 is 1. The fourth-order valence-corrected chi connectivity index (χ4v) is 3.59. The number of amides is 2. The number of carbonyl (C=O) groups excluding carboxylic acids is 2. The van der Waals surface area contributed by atoms with E-state index in [0.29, 0.717) is 35.9 Å². The maximum absolute atomic E-state index is 12.9. The fraction of sp³-hybridized carbons (Fsp3) is 0.417. The third kappa shape index (κ3) is 5.60. The number of benzene rings is 2. The first-order valence-corrected chi connectivity index (χ1v) is 10.5. The van der Waals surface area contributed by atoms with Gasteiger partial charge in [-0.1, -0.05) is 24.6 Å². The van der Waals surface area contributed by atoms with Gasteiger partial charge in [0.2, 0.25) is 0 Å². The molecule has 30 heavy (non-hydrogen) atoms. The lowest BCUT2D eigenvalue weighted by atomic mass is 9.97. The summed E-state index contributed by atoms with van der Waals surface area (Å²) in [4.78, 5) is 27.7. The van der Waals surface area contributed by atoms with Gasteiger partial charge in [0.15, 0.2) is 0 Å². The van der Waals surface area contributed by atoms with Crippen LogP contribution in [0.2, 0.25) is 0 Å². The summed E-state index contributed by atoms with van der Waals surface area (Å²) in [5.74, 6) is 0.348. The Kier molecular flexibility index (Phi) is 7.46. The lowest BCUT2D eigenvalue weighted by Crippen LogP contribution is -2.35. The molecule has 2 N–H and O–H groups in total. The average Bonchev–Trinajstić information content (AvgIpc) is 2.75. The quantitative estimate of drug-likeness (QED) is 0.682. The number of nitrogens with zero attached hydrogens (tertiary/aromatic N) is 1. The van der Waals surface area contributed by atoms with Crippen molar-refractivity contribution in [3.8, 4) is 0 Å². The third-order valence-electron chi connectivity index (χ3n) is 5.53. The zero-order valence-electron chi connectivity index (χ0n) is 18.0. The van der Waals surface area contributed by atoms with Gasteiger partial charge in [-0.2, -0.15) is 0 Å². The van der Waals surface area contributed by atoms with Crippen molar-refractivity contribution in [2.24, 2.45) is 5.92 Å². The van der Waals surface area contributed by atoms with Crippen LogP contribution >= 0.6 is 0 Å². The number of hydrogen-bond donors (Lipinski definition) is 2. The van der Waals surface area contributed by atoms with Crippen molar-refractivity contribution in [2.45, 2.75) is 26.7 Å². The van der Waals surface area contributed by atoms with E-state index in [1.807, 2.05) is 31.2 Å². The number of nitrogens with one attached hydrogen (secondary N) is 2. The van der Waals surface area contributed by atoms with Crippen molar-refractivity contribution in [2.75, 3.05) is 43.6 Å². The van der Waals surface area contributed by atoms with Gasteiger partial charge in [-0.05, 0) is 56.0 Å². The van der Waals surface area contributed by atoms with Crippen LogP contribution in [-0.4, -0.2) is 45.2 Å². The number of ether oxygens (including phenoxy) is 1. The van der Waals surface area contributed by atoms with E-state index in [0.717, 1.165) is 37.2 Å². The first-order valence-electron chi connectivity index (χ1n) is 10.5.